The lowest BCUT2D eigenvalue weighted by molar-refractivity contribution is 0.318. The Bertz CT molecular complexity index is 647. The number of fused-ring (bicyclic) bond motifs is 1. The van der Waals surface area contributed by atoms with Gasteiger partial charge in [-0.05, 0) is 43.5 Å². The summed E-state index contributed by atoms with van der Waals surface area (Å²) in [5, 5.41) is 10.1. The predicted octanol–water partition coefficient (Wildman–Crippen LogP) is 4.12. The molecule has 0 atom stereocenters. The number of nitriles is 1. The molecule has 0 saturated heterocycles. The van der Waals surface area contributed by atoms with Crippen molar-refractivity contribution in [3.8, 4) is 11.8 Å². The van der Waals surface area contributed by atoms with Gasteiger partial charge in [-0.3, -0.25) is 0 Å². The van der Waals surface area contributed by atoms with Crippen LogP contribution >= 0.6 is 0 Å². The van der Waals surface area contributed by atoms with Crippen LogP contribution in [-0.2, 0) is 6.54 Å². The molecule has 3 heteroatoms. The molecule has 0 radical (unpaired) electrons. The van der Waals surface area contributed by atoms with Gasteiger partial charge < -0.3 is 9.30 Å². The Morgan fingerprint density at radius 3 is 2.90 bits per heavy atom. The Morgan fingerprint density at radius 2 is 2.20 bits per heavy atom. The van der Waals surface area contributed by atoms with Crippen molar-refractivity contribution in [2.45, 2.75) is 39.2 Å². The number of hydrogen-bond donors (Lipinski definition) is 0. The normalized spacial score (nSPS) is 16.0. The van der Waals surface area contributed by atoms with E-state index in [2.05, 4.69) is 42.0 Å². The summed E-state index contributed by atoms with van der Waals surface area (Å²) >= 11 is 0. The number of hydrogen-bond acceptors (Lipinski definition) is 2. The van der Waals surface area contributed by atoms with Crippen LogP contribution < -0.4 is 4.74 Å². The third-order valence-electron chi connectivity index (χ3n) is 4.13. The van der Waals surface area contributed by atoms with Gasteiger partial charge in [0.1, 0.15) is 5.75 Å². The number of rotatable bonds is 6. The lowest BCUT2D eigenvalue weighted by Crippen LogP contribution is -2.10. The third kappa shape index (κ3) is 2.51. The van der Waals surface area contributed by atoms with E-state index in [0.717, 1.165) is 25.3 Å². The van der Waals surface area contributed by atoms with Crippen LogP contribution in [-0.4, -0.2) is 11.2 Å². The Labute approximate surface area is 119 Å². The van der Waals surface area contributed by atoms with Gasteiger partial charge in [0.05, 0.1) is 12.7 Å². The number of aromatic nitrogens is 1. The molecule has 0 N–H and O–H groups in total. The van der Waals surface area contributed by atoms with Crippen LogP contribution in [0.3, 0.4) is 0 Å². The van der Waals surface area contributed by atoms with Crippen LogP contribution in [0.5, 0.6) is 5.75 Å². The number of benzene rings is 1. The minimum atomic E-state index is 0.234. The Kier molecular flexibility index (Phi) is 3.40. The number of nitrogens with zero attached hydrogens (tertiary/aromatic N) is 2. The van der Waals surface area contributed by atoms with Crippen molar-refractivity contribution in [1.82, 2.24) is 4.57 Å². The summed E-state index contributed by atoms with van der Waals surface area (Å²) in [6.07, 6.45) is 6.18. The molecule has 1 aliphatic carbocycles. The highest BCUT2D eigenvalue weighted by atomic mass is 16.5. The Morgan fingerprint density at radius 1 is 1.35 bits per heavy atom. The SMILES string of the molecule is CCCOc1ccc2c(ccn2CC2(CC#N)CC2)c1. The summed E-state index contributed by atoms with van der Waals surface area (Å²) in [7, 11) is 0. The fourth-order valence-electron chi connectivity index (χ4n) is 2.72. The van der Waals surface area contributed by atoms with E-state index in [1.54, 1.807) is 0 Å². The first-order valence-corrected chi connectivity index (χ1v) is 7.35. The molecular formula is C17H20N2O. The smallest absolute Gasteiger partial charge is 0.120 e. The standard InChI is InChI=1S/C17H20N2O/c1-2-11-20-15-3-4-16-14(12-15)5-10-19(16)13-17(6-7-17)8-9-18/h3-5,10,12H,2,6-8,11,13H2,1H3. The molecule has 20 heavy (non-hydrogen) atoms. The summed E-state index contributed by atoms with van der Waals surface area (Å²) < 4.78 is 7.95. The van der Waals surface area contributed by atoms with Crippen molar-refractivity contribution in [2.24, 2.45) is 5.41 Å². The van der Waals surface area contributed by atoms with E-state index in [-0.39, 0.29) is 5.41 Å². The molecule has 0 aliphatic heterocycles. The Balaban J connectivity index is 1.81. The molecule has 3 nitrogen and oxygen atoms in total. The first-order chi connectivity index (χ1) is 9.76. The summed E-state index contributed by atoms with van der Waals surface area (Å²) in [6.45, 7) is 3.83. The first-order valence-electron chi connectivity index (χ1n) is 7.35. The van der Waals surface area contributed by atoms with E-state index in [9.17, 15) is 0 Å². The van der Waals surface area contributed by atoms with Crippen LogP contribution in [0.15, 0.2) is 30.5 Å². The molecule has 0 spiro atoms. The summed E-state index contributed by atoms with van der Waals surface area (Å²) in [5.74, 6) is 0.940. The van der Waals surface area contributed by atoms with Crippen molar-refractivity contribution in [2.75, 3.05) is 6.61 Å². The maximum absolute atomic E-state index is 8.93. The maximum Gasteiger partial charge on any atom is 0.120 e. The molecule has 1 aromatic carbocycles. The zero-order chi connectivity index (χ0) is 14.0. The van der Waals surface area contributed by atoms with Crippen molar-refractivity contribution in [1.29, 1.82) is 5.26 Å². The van der Waals surface area contributed by atoms with Gasteiger partial charge in [-0.2, -0.15) is 5.26 Å². The van der Waals surface area contributed by atoms with E-state index < -0.39 is 0 Å². The fourth-order valence-corrected chi connectivity index (χ4v) is 2.72. The molecule has 1 fully saturated rings. The minimum Gasteiger partial charge on any atom is -0.494 e. The molecule has 3 rings (SSSR count). The van der Waals surface area contributed by atoms with Gasteiger partial charge in [0.25, 0.3) is 0 Å². The van der Waals surface area contributed by atoms with Gasteiger partial charge >= 0.3 is 0 Å². The predicted molar refractivity (Wildman–Crippen MR) is 79.6 cm³/mol. The van der Waals surface area contributed by atoms with Gasteiger partial charge in [-0.15, -0.1) is 0 Å². The summed E-state index contributed by atoms with van der Waals surface area (Å²) in [6, 6.07) is 10.7. The fraction of sp³-hybridized carbons (Fsp3) is 0.471. The monoisotopic (exact) mass is 268 g/mol. The molecule has 104 valence electrons. The first kappa shape index (κ1) is 13.1. The van der Waals surface area contributed by atoms with Crippen LogP contribution in [0.25, 0.3) is 10.9 Å². The zero-order valence-electron chi connectivity index (χ0n) is 11.9. The third-order valence-corrected chi connectivity index (χ3v) is 4.13. The van der Waals surface area contributed by atoms with Crippen molar-refractivity contribution in [3.05, 3.63) is 30.5 Å². The molecule has 1 heterocycles. The van der Waals surface area contributed by atoms with E-state index in [0.29, 0.717) is 6.42 Å². The van der Waals surface area contributed by atoms with Gasteiger partial charge in [0, 0.05) is 35.5 Å². The number of ether oxygens (including phenoxy) is 1. The van der Waals surface area contributed by atoms with Crippen molar-refractivity contribution in [3.63, 3.8) is 0 Å². The van der Waals surface area contributed by atoms with Gasteiger partial charge in [-0.25, -0.2) is 0 Å². The van der Waals surface area contributed by atoms with E-state index in [1.165, 1.54) is 23.7 Å². The molecule has 1 saturated carbocycles. The molecule has 1 aromatic heterocycles. The Hall–Kier alpha value is -1.95. The highest BCUT2D eigenvalue weighted by molar-refractivity contribution is 5.81. The van der Waals surface area contributed by atoms with Crippen LogP contribution in [0.4, 0.5) is 0 Å². The van der Waals surface area contributed by atoms with Crippen molar-refractivity contribution >= 4 is 10.9 Å². The largest absolute Gasteiger partial charge is 0.494 e. The van der Waals surface area contributed by atoms with E-state index >= 15 is 0 Å². The van der Waals surface area contributed by atoms with Gasteiger partial charge in [0.15, 0.2) is 0 Å². The lowest BCUT2D eigenvalue weighted by Gasteiger charge is -2.13. The van der Waals surface area contributed by atoms with Crippen LogP contribution in [0.2, 0.25) is 0 Å². The molecule has 2 aromatic rings. The molecule has 0 amide bonds. The highest BCUT2D eigenvalue weighted by Gasteiger charge is 2.42. The van der Waals surface area contributed by atoms with Gasteiger partial charge in [-0.1, -0.05) is 6.92 Å². The quantitative estimate of drug-likeness (QED) is 0.790. The minimum absolute atomic E-state index is 0.234. The zero-order valence-corrected chi connectivity index (χ0v) is 11.9. The summed E-state index contributed by atoms with van der Waals surface area (Å²) in [4.78, 5) is 0. The van der Waals surface area contributed by atoms with E-state index in [4.69, 9.17) is 10.00 Å². The second-order valence-electron chi connectivity index (χ2n) is 5.85. The topological polar surface area (TPSA) is 38.0 Å². The molecule has 1 aliphatic rings. The average Bonchev–Trinajstić information content (AvgIpc) is 3.10. The molecule has 0 unspecified atom stereocenters. The van der Waals surface area contributed by atoms with E-state index in [1.807, 2.05) is 6.07 Å². The molecule has 0 bridgehead atoms. The average molecular weight is 268 g/mol. The lowest BCUT2D eigenvalue weighted by atomic mass is 10.0. The molecular weight excluding hydrogens is 248 g/mol. The van der Waals surface area contributed by atoms with Crippen LogP contribution in [0, 0.1) is 16.7 Å². The maximum atomic E-state index is 8.93. The van der Waals surface area contributed by atoms with Crippen molar-refractivity contribution < 1.29 is 4.74 Å². The second-order valence-corrected chi connectivity index (χ2v) is 5.85. The van der Waals surface area contributed by atoms with Gasteiger partial charge in [0.2, 0.25) is 0 Å². The second kappa shape index (κ2) is 5.20. The highest BCUT2D eigenvalue weighted by Crippen LogP contribution is 2.50. The summed E-state index contributed by atoms with van der Waals surface area (Å²) in [5.41, 5.74) is 1.47. The van der Waals surface area contributed by atoms with Crippen LogP contribution in [0.1, 0.15) is 32.6 Å².